The highest BCUT2D eigenvalue weighted by Crippen LogP contribution is 2.30. The van der Waals surface area contributed by atoms with Gasteiger partial charge in [0.2, 0.25) is 5.88 Å². The van der Waals surface area contributed by atoms with Crippen molar-refractivity contribution < 1.29 is 17.9 Å². The predicted octanol–water partition coefficient (Wildman–Crippen LogP) is 3.49. The smallest absolute Gasteiger partial charge is 0.401 e. The summed E-state index contributed by atoms with van der Waals surface area (Å²) in [5.41, 5.74) is 2.41. The molecule has 0 spiro atoms. The Labute approximate surface area is 171 Å². The second kappa shape index (κ2) is 8.10. The largest absolute Gasteiger partial charge is 0.475 e. The molecule has 1 aliphatic rings. The van der Waals surface area contributed by atoms with Crippen molar-refractivity contribution >= 4 is 16.7 Å². The van der Waals surface area contributed by atoms with E-state index in [4.69, 9.17) is 4.74 Å². The number of anilines is 1. The van der Waals surface area contributed by atoms with Crippen molar-refractivity contribution in [3.63, 3.8) is 0 Å². The van der Waals surface area contributed by atoms with E-state index in [1.54, 1.807) is 12.4 Å². The van der Waals surface area contributed by atoms with Crippen LogP contribution in [-0.2, 0) is 0 Å². The van der Waals surface area contributed by atoms with Gasteiger partial charge in [-0.3, -0.25) is 10.00 Å². The van der Waals surface area contributed by atoms with Crippen LogP contribution in [0, 0.1) is 0 Å². The van der Waals surface area contributed by atoms with Crippen LogP contribution >= 0.6 is 0 Å². The van der Waals surface area contributed by atoms with Gasteiger partial charge in [0.1, 0.15) is 11.5 Å². The fourth-order valence-corrected chi connectivity index (χ4v) is 3.55. The number of nitrogens with zero attached hydrogens (tertiary/aromatic N) is 5. The van der Waals surface area contributed by atoms with Gasteiger partial charge in [0.15, 0.2) is 0 Å². The van der Waals surface area contributed by atoms with E-state index in [2.05, 4.69) is 20.2 Å². The molecule has 4 heterocycles. The molecule has 4 rings (SSSR count). The molecule has 3 aromatic rings. The molecule has 0 aliphatic carbocycles. The number of fused-ring (bicyclic) bond motifs is 1. The third-order valence-corrected chi connectivity index (χ3v) is 4.90. The average molecular weight is 420 g/mol. The van der Waals surface area contributed by atoms with E-state index in [9.17, 15) is 13.2 Å². The number of hydrogen-bond donors (Lipinski definition) is 1. The van der Waals surface area contributed by atoms with Gasteiger partial charge in [-0.05, 0) is 26.0 Å². The molecule has 1 fully saturated rings. The van der Waals surface area contributed by atoms with E-state index >= 15 is 0 Å². The topological polar surface area (TPSA) is 70.2 Å². The van der Waals surface area contributed by atoms with Gasteiger partial charge in [0.25, 0.3) is 0 Å². The predicted molar refractivity (Wildman–Crippen MR) is 108 cm³/mol. The Bertz CT molecular complexity index is 1010. The maximum absolute atomic E-state index is 12.6. The molecule has 0 saturated carbocycles. The summed E-state index contributed by atoms with van der Waals surface area (Å²) in [7, 11) is 0. The summed E-state index contributed by atoms with van der Waals surface area (Å²) in [5.74, 6) is 1.25. The number of halogens is 3. The maximum atomic E-state index is 12.6. The van der Waals surface area contributed by atoms with E-state index in [1.807, 2.05) is 36.9 Å². The first-order valence-corrected chi connectivity index (χ1v) is 9.80. The highest BCUT2D eigenvalue weighted by atomic mass is 19.4. The van der Waals surface area contributed by atoms with Gasteiger partial charge in [0, 0.05) is 49.4 Å². The van der Waals surface area contributed by atoms with Gasteiger partial charge in [0.05, 0.1) is 24.4 Å². The zero-order valence-electron chi connectivity index (χ0n) is 16.8. The van der Waals surface area contributed by atoms with Crippen molar-refractivity contribution in [1.82, 2.24) is 25.1 Å². The first kappa shape index (κ1) is 20.4. The SMILES string of the molecule is CC(C)Oc1cc2c(-c3ccnc(N4CCN(CC(F)(F)F)CC4)c3)n[nH]c2cn1. The molecule has 1 aliphatic heterocycles. The fraction of sp³-hybridized carbons (Fsp3) is 0.450. The van der Waals surface area contributed by atoms with Gasteiger partial charge in [-0.1, -0.05) is 0 Å². The molecule has 30 heavy (non-hydrogen) atoms. The molecule has 0 atom stereocenters. The third-order valence-electron chi connectivity index (χ3n) is 4.90. The molecular weight excluding hydrogens is 397 g/mol. The number of piperazine rings is 1. The molecule has 0 radical (unpaired) electrons. The van der Waals surface area contributed by atoms with Gasteiger partial charge in [-0.25, -0.2) is 9.97 Å². The van der Waals surface area contributed by atoms with Gasteiger partial charge in [-0.15, -0.1) is 0 Å². The first-order chi connectivity index (χ1) is 14.3. The molecule has 7 nitrogen and oxygen atoms in total. The van der Waals surface area contributed by atoms with Crippen LogP contribution in [0.5, 0.6) is 5.88 Å². The summed E-state index contributed by atoms with van der Waals surface area (Å²) in [6.45, 7) is 4.67. The van der Waals surface area contributed by atoms with Crippen molar-refractivity contribution in [3.8, 4) is 17.1 Å². The number of aromatic amines is 1. The highest BCUT2D eigenvalue weighted by molar-refractivity contribution is 5.93. The molecule has 0 bridgehead atoms. The summed E-state index contributed by atoms with van der Waals surface area (Å²) < 4.78 is 43.5. The van der Waals surface area contributed by atoms with E-state index in [-0.39, 0.29) is 6.10 Å². The Hall–Kier alpha value is -2.88. The zero-order valence-corrected chi connectivity index (χ0v) is 16.8. The average Bonchev–Trinajstić information content (AvgIpc) is 3.10. The number of aromatic nitrogens is 4. The Morgan fingerprint density at radius 3 is 2.60 bits per heavy atom. The van der Waals surface area contributed by atoms with Gasteiger partial charge < -0.3 is 9.64 Å². The minimum atomic E-state index is -4.17. The van der Waals surface area contributed by atoms with E-state index < -0.39 is 12.7 Å². The van der Waals surface area contributed by atoms with Crippen LogP contribution in [0.15, 0.2) is 30.6 Å². The molecule has 3 aromatic heterocycles. The maximum Gasteiger partial charge on any atom is 0.401 e. The minimum absolute atomic E-state index is 0.00819. The summed E-state index contributed by atoms with van der Waals surface area (Å²) in [6.07, 6.45) is -0.784. The lowest BCUT2D eigenvalue weighted by Crippen LogP contribution is -2.49. The van der Waals surface area contributed by atoms with Crippen LogP contribution in [0.25, 0.3) is 22.2 Å². The van der Waals surface area contributed by atoms with E-state index in [0.29, 0.717) is 32.1 Å². The van der Waals surface area contributed by atoms with Crippen LogP contribution in [0.2, 0.25) is 0 Å². The number of H-pyrrole nitrogens is 1. The van der Waals surface area contributed by atoms with Crippen molar-refractivity contribution in [2.24, 2.45) is 0 Å². The number of pyridine rings is 2. The first-order valence-electron chi connectivity index (χ1n) is 9.80. The van der Waals surface area contributed by atoms with E-state index in [0.717, 1.165) is 28.0 Å². The van der Waals surface area contributed by atoms with Crippen LogP contribution < -0.4 is 9.64 Å². The zero-order chi connectivity index (χ0) is 21.3. The fourth-order valence-electron chi connectivity index (χ4n) is 3.55. The van der Waals surface area contributed by atoms with Crippen LogP contribution in [-0.4, -0.2) is 70.1 Å². The van der Waals surface area contributed by atoms with Crippen molar-refractivity contribution in [3.05, 3.63) is 30.6 Å². The quantitative estimate of drug-likeness (QED) is 0.682. The number of rotatable bonds is 5. The number of ether oxygens (including phenoxy) is 1. The van der Waals surface area contributed by atoms with Gasteiger partial charge in [-0.2, -0.15) is 18.3 Å². The summed E-state index contributed by atoms with van der Waals surface area (Å²) >= 11 is 0. The van der Waals surface area contributed by atoms with Gasteiger partial charge >= 0.3 is 6.18 Å². The molecule has 0 unspecified atom stereocenters. The molecular formula is C20H23F3N6O. The molecule has 1 saturated heterocycles. The van der Waals surface area contributed by atoms with Crippen LogP contribution in [0.1, 0.15) is 13.8 Å². The second-order valence-electron chi connectivity index (χ2n) is 7.59. The van der Waals surface area contributed by atoms with Crippen molar-refractivity contribution in [2.45, 2.75) is 26.1 Å². The van der Waals surface area contributed by atoms with Crippen LogP contribution in [0.4, 0.5) is 19.0 Å². The number of alkyl halides is 3. The number of hydrogen-bond acceptors (Lipinski definition) is 6. The summed E-state index contributed by atoms with van der Waals surface area (Å²) in [4.78, 5) is 12.1. The Morgan fingerprint density at radius 2 is 1.90 bits per heavy atom. The monoisotopic (exact) mass is 420 g/mol. The standard InChI is InChI=1S/C20H23F3N6O/c1-13(2)30-18-10-15-16(11-25-18)26-27-19(15)14-3-4-24-17(9-14)29-7-5-28(6-8-29)12-20(21,22)23/h3-4,9-11,13H,5-8,12H2,1-2H3,(H,26,27). The van der Waals surface area contributed by atoms with E-state index in [1.165, 1.54) is 4.90 Å². The molecule has 10 heteroatoms. The molecule has 0 aromatic carbocycles. The molecule has 0 amide bonds. The summed E-state index contributed by atoms with van der Waals surface area (Å²) in [5, 5.41) is 8.28. The third kappa shape index (κ3) is 4.64. The molecule has 1 N–H and O–H groups in total. The van der Waals surface area contributed by atoms with Crippen molar-refractivity contribution in [2.75, 3.05) is 37.6 Å². The second-order valence-corrected chi connectivity index (χ2v) is 7.59. The summed E-state index contributed by atoms with van der Waals surface area (Å²) in [6, 6.07) is 5.63. The normalized spacial score (nSPS) is 15.9. The Kier molecular flexibility index (Phi) is 5.50. The van der Waals surface area contributed by atoms with Crippen molar-refractivity contribution in [1.29, 1.82) is 0 Å². The molecule has 160 valence electrons. The number of nitrogens with one attached hydrogen (secondary N) is 1. The minimum Gasteiger partial charge on any atom is -0.475 e. The highest BCUT2D eigenvalue weighted by Gasteiger charge is 2.32. The Balaban J connectivity index is 1.54. The lowest BCUT2D eigenvalue weighted by atomic mass is 10.1. The lowest BCUT2D eigenvalue weighted by molar-refractivity contribution is -0.146. The Morgan fingerprint density at radius 1 is 1.13 bits per heavy atom. The lowest BCUT2D eigenvalue weighted by Gasteiger charge is -2.35. The van der Waals surface area contributed by atoms with Crippen LogP contribution in [0.3, 0.4) is 0 Å².